The van der Waals surface area contributed by atoms with Gasteiger partial charge in [-0.15, -0.1) is 0 Å². The van der Waals surface area contributed by atoms with E-state index in [0.717, 1.165) is 6.42 Å². The second-order valence-electron chi connectivity index (χ2n) is 15.9. The topological polar surface area (TPSA) is 68.2 Å². The molecule has 2 heterocycles. The molecule has 2 aliphatic heterocycles. The first-order chi connectivity index (χ1) is 23.8. The van der Waals surface area contributed by atoms with E-state index in [1.807, 2.05) is 18.6 Å². The van der Waals surface area contributed by atoms with Crippen LogP contribution in [0.5, 0.6) is 0 Å². The number of ether oxygens (including phenoxy) is 3. The van der Waals surface area contributed by atoms with Crippen LogP contribution in [0.25, 0.3) is 0 Å². The van der Waals surface area contributed by atoms with Crippen LogP contribution in [0.2, 0.25) is 35.5 Å². The van der Waals surface area contributed by atoms with Crippen LogP contribution in [0.15, 0.2) is 36.8 Å². The molecule has 7 heteroatoms. The average molecular weight is 903 g/mol. The van der Waals surface area contributed by atoms with Gasteiger partial charge in [-0.05, 0) is 0 Å². The van der Waals surface area contributed by atoms with E-state index >= 15 is 0 Å². The Morgan fingerprint density at radius 2 is 1.04 bits per heavy atom. The molecule has 0 aromatic carbocycles. The molecule has 0 saturated carbocycles. The minimum absolute atomic E-state index is 0.132. The van der Waals surface area contributed by atoms with Gasteiger partial charge in [-0.3, -0.25) is 0 Å². The molecule has 0 aromatic rings. The van der Waals surface area contributed by atoms with E-state index in [2.05, 4.69) is 59.8 Å². The predicted octanol–water partition coefficient (Wildman–Crippen LogP) is 12.1. The summed E-state index contributed by atoms with van der Waals surface area (Å²) in [4.78, 5) is 0. The van der Waals surface area contributed by atoms with Gasteiger partial charge >= 0.3 is 314 Å². The van der Waals surface area contributed by atoms with Crippen molar-refractivity contribution in [3.63, 3.8) is 0 Å². The van der Waals surface area contributed by atoms with Gasteiger partial charge in [0.2, 0.25) is 0 Å². The first-order valence-corrected chi connectivity index (χ1v) is 37.2. The summed E-state index contributed by atoms with van der Waals surface area (Å²) in [5, 5.41) is 21.2. The van der Waals surface area contributed by atoms with E-state index in [1.54, 1.807) is 0 Å². The number of fused-ring (bicyclic) bond motifs is 2. The summed E-state index contributed by atoms with van der Waals surface area (Å²) in [6.07, 6.45) is 29.2. The maximum atomic E-state index is 10.6. The van der Waals surface area contributed by atoms with Crippen molar-refractivity contribution in [2.45, 2.75) is 216 Å². The molecular formula is C42H80O5Sn2. The molecule has 286 valence electrons. The Kier molecular flexibility index (Phi) is 25.0. The molecule has 2 aliphatic rings. The molecule has 0 amide bonds. The molecule has 0 aromatic heterocycles. The van der Waals surface area contributed by atoms with E-state index in [1.165, 1.54) is 113 Å². The summed E-state index contributed by atoms with van der Waals surface area (Å²) in [5.74, 6) is 0. The molecular weight excluding hydrogens is 822 g/mol. The van der Waals surface area contributed by atoms with Crippen LogP contribution < -0.4 is 0 Å². The predicted molar refractivity (Wildman–Crippen MR) is 216 cm³/mol. The Morgan fingerprint density at radius 1 is 0.612 bits per heavy atom. The zero-order valence-corrected chi connectivity index (χ0v) is 38.7. The number of allylic oxidation sites excluding steroid dienone is 2. The molecule has 1 fully saturated rings. The second kappa shape index (κ2) is 27.0. The molecule has 0 aliphatic carbocycles. The molecule has 1 saturated heterocycles. The first kappa shape index (κ1) is 45.5. The summed E-state index contributed by atoms with van der Waals surface area (Å²) < 4.78 is 31.5. The van der Waals surface area contributed by atoms with Crippen LogP contribution in [0, 0.1) is 0 Å². The molecule has 2 bridgehead atoms. The molecule has 6 atom stereocenters. The number of aliphatic hydroxyl groups excluding tert-OH is 2. The third-order valence-electron chi connectivity index (χ3n) is 11.6. The number of hydrogen-bond donors (Lipinski definition) is 2. The Balaban J connectivity index is 2.23. The maximum absolute atomic E-state index is 10.6. The fraction of sp³-hybridized carbons (Fsp3) is 0.857. The zero-order valence-electron chi connectivity index (χ0n) is 33.0. The van der Waals surface area contributed by atoms with Crippen LogP contribution in [-0.4, -0.2) is 83.6 Å². The third-order valence-corrected chi connectivity index (χ3v) is 42.1. The molecule has 2 N–H and O–H groups in total. The number of unbranched alkanes of at least 4 members (excludes halogenated alkanes) is 6. The summed E-state index contributed by atoms with van der Waals surface area (Å²) in [7, 11) is 0. The molecule has 2 rings (SSSR count). The monoisotopic (exact) mass is 904 g/mol. The molecule has 5 nitrogen and oxygen atoms in total. The summed E-state index contributed by atoms with van der Waals surface area (Å²) in [6.45, 7) is 14.1. The van der Waals surface area contributed by atoms with Crippen molar-refractivity contribution in [1.29, 1.82) is 0 Å². The van der Waals surface area contributed by atoms with Crippen LogP contribution >= 0.6 is 0 Å². The molecule has 0 radical (unpaired) electrons. The van der Waals surface area contributed by atoms with Gasteiger partial charge in [-0.2, -0.15) is 0 Å². The summed E-state index contributed by atoms with van der Waals surface area (Å²) in [6, 6.07) is 0. The molecule has 0 spiro atoms. The Hall–Kier alpha value is 0.297. The fourth-order valence-corrected chi connectivity index (χ4v) is 38.3. The number of aliphatic hydroxyl groups is 2. The van der Waals surface area contributed by atoms with Crippen LogP contribution in [0.3, 0.4) is 0 Å². The van der Waals surface area contributed by atoms with Gasteiger partial charge in [0.05, 0.1) is 0 Å². The quantitative estimate of drug-likeness (QED) is 0.0514. The van der Waals surface area contributed by atoms with Crippen LogP contribution in [-0.2, 0) is 14.2 Å². The van der Waals surface area contributed by atoms with Crippen molar-refractivity contribution in [2.24, 2.45) is 0 Å². The van der Waals surface area contributed by atoms with E-state index in [-0.39, 0.29) is 24.4 Å². The number of rotatable bonds is 26. The normalized spacial score (nSPS) is 26.0. The number of hydrogen-bond acceptors (Lipinski definition) is 5. The average Bonchev–Trinajstić information content (AvgIpc) is 3.12. The Bertz CT molecular complexity index is 864. The van der Waals surface area contributed by atoms with E-state index in [4.69, 9.17) is 14.2 Å². The summed E-state index contributed by atoms with van der Waals surface area (Å²) >= 11 is -4.56. The third kappa shape index (κ3) is 17.3. The second-order valence-corrected chi connectivity index (χ2v) is 43.9. The first-order valence-electron chi connectivity index (χ1n) is 21.1. The Labute approximate surface area is 312 Å². The van der Waals surface area contributed by atoms with Gasteiger partial charge in [-0.1, -0.05) is 0 Å². The SMILES string of the molecule is CCC[CH2][Sn]([CH2]/C=C\O[C@H]1C[C@@H](O/C=C\[CH2][Sn]([CH2]CCC)([CH2]CCC)[CH2]CCC)[C@@H]2/C=C\CC(O)C(O)CC[C@H]1O2)([CH2]CCC)[CH2]CCC. The van der Waals surface area contributed by atoms with Crippen molar-refractivity contribution in [3.05, 3.63) is 36.8 Å². The van der Waals surface area contributed by atoms with Crippen molar-refractivity contribution in [1.82, 2.24) is 0 Å². The van der Waals surface area contributed by atoms with E-state index in [0.29, 0.717) is 19.3 Å². The summed E-state index contributed by atoms with van der Waals surface area (Å²) in [5.41, 5.74) is 0. The van der Waals surface area contributed by atoms with E-state index < -0.39 is 49.0 Å². The van der Waals surface area contributed by atoms with Gasteiger partial charge in [0.25, 0.3) is 0 Å². The van der Waals surface area contributed by atoms with Crippen molar-refractivity contribution < 1.29 is 24.4 Å². The standard InChI is InChI=1S/C18H26O5.6C4H9.2Sn/c1-3-10-21-17-12-18(22-11-4-2)16-9-8-14(20)13(19)6-5-7-15(17)23-16;6*1-3-4-2;;/h3-5,7,10-11,13-20H,1-2,6,8-9,12H2;6*1,3-4H2,2H3;;/b7-5-,10-3-,11-4-;;;;;;;;/t13?,14?,15-,16+,17+,18-;;;;;;;;/m0......../s1. The van der Waals surface area contributed by atoms with Crippen molar-refractivity contribution in [3.8, 4) is 0 Å². The van der Waals surface area contributed by atoms with Gasteiger partial charge in [0, 0.05) is 0 Å². The zero-order chi connectivity index (χ0) is 35.8. The molecule has 2 unspecified atom stereocenters. The Morgan fingerprint density at radius 3 is 1.47 bits per heavy atom. The fourth-order valence-electron chi connectivity index (χ4n) is 8.21. The van der Waals surface area contributed by atoms with Crippen LogP contribution in [0.1, 0.15) is 144 Å². The van der Waals surface area contributed by atoms with Gasteiger partial charge in [0.1, 0.15) is 0 Å². The van der Waals surface area contributed by atoms with E-state index in [9.17, 15) is 10.2 Å². The van der Waals surface area contributed by atoms with Crippen molar-refractivity contribution in [2.75, 3.05) is 0 Å². The van der Waals surface area contributed by atoms with Gasteiger partial charge in [-0.25, -0.2) is 0 Å². The molecule has 49 heavy (non-hydrogen) atoms. The minimum atomic E-state index is -2.28. The van der Waals surface area contributed by atoms with Crippen molar-refractivity contribution >= 4 is 36.8 Å². The van der Waals surface area contributed by atoms with Gasteiger partial charge in [0.15, 0.2) is 0 Å². The van der Waals surface area contributed by atoms with Gasteiger partial charge < -0.3 is 0 Å². The van der Waals surface area contributed by atoms with Crippen LogP contribution in [0.4, 0.5) is 0 Å².